The highest BCUT2D eigenvalue weighted by atomic mass is 16.5. The van der Waals surface area contributed by atoms with Crippen molar-refractivity contribution in [2.75, 3.05) is 0 Å². The molecule has 0 aromatic carbocycles. The van der Waals surface area contributed by atoms with Gasteiger partial charge in [-0.3, -0.25) is 4.90 Å². The molecule has 1 aliphatic rings. The van der Waals surface area contributed by atoms with Crippen LogP contribution in [0.4, 0.5) is 0 Å². The third kappa shape index (κ3) is 5.08. The molecule has 0 aromatic rings. The molecular formula is C21H39NO2. The van der Waals surface area contributed by atoms with E-state index in [-0.39, 0.29) is 34.1 Å². The van der Waals surface area contributed by atoms with Crippen LogP contribution in [0.5, 0.6) is 0 Å². The molecule has 0 spiro atoms. The molecule has 0 aliphatic carbocycles. The zero-order valence-electron chi connectivity index (χ0n) is 17.7. The van der Waals surface area contributed by atoms with Crippen LogP contribution in [0.2, 0.25) is 0 Å². The fourth-order valence-electron chi connectivity index (χ4n) is 5.54. The summed E-state index contributed by atoms with van der Waals surface area (Å²) in [6.07, 6.45) is 2.76. The molecule has 1 saturated heterocycles. The lowest BCUT2D eigenvalue weighted by Gasteiger charge is -2.62. The normalized spacial score (nSPS) is 22.2. The Labute approximate surface area is 149 Å². The van der Waals surface area contributed by atoms with Gasteiger partial charge >= 0.3 is 5.97 Å². The topological polar surface area (TPSA) is 29.5 Å². The fourth-order valence-corrected chi connectivity index (χ4v) is 5.54. The first kappa shape index (κ1) is 21.2. The van der Waals surface area contributed by atoms with Crippen molar-refractivity contribution in [1.29, 1.82) is 0 Å². The predicted octanol–water partition coefficient (Wildman–Crippen LogP) is 5.34. The lowest BCUT2D eigenvalue weighted by atomic mass is 9.71. The van der Waals surface area contributed by atoms with Gasteiger partial charge in [-0.2, -0.15) is 0 Å². The molecule has 1 aliphatic heterocycles. The van der Waals surface area contributed by atoms with Crippen LogP contribution in [0.25, 0.3) is 0 Å². The van der Waals surface area contributed by atoms with E-state index in [2.05, 4.69) is 73.8 Å². The first-order chi connectivity index (χ1) is 10.5. The molecule has 0 N–H and O–H groups in total. The molecule has 1 fully saturated rings. The van der Waals surface area contributed by atoms with Gasteiger partial charge in [0.1, 0.15) is 6.10 Å². The van der Waals surface area contributed by atoms with Crippen molar-refractivity contribution in [2.45, 2.75) is 111 Å². The first-order valence-corrected chi connectivity index (χ1v) is 9.15. The van der Waals surface area contributed by atoms with Crippen molar-refractivity contribution in [1.82, 2.24) is 4.90 Å². The summed E-state index contributed by atoms with van der Waals surface area (Å²) in [6.45, 7) is 26.1. The summed E-state index contributed by atoms with van der Waals surface area (Å²) in [5, 5.41) is 0. The Morgan fingerprint density at radius 3 is 1.83 bits per heavy atom. The zero-order valence-corrected chi connectivity index (χ0v) is 17.7. The van der Waals surface area contributed by atoms with Gasteiger partial charge in [-0.25, -0.2) is 4.79 Å². The van der Waals surface area contributed by atoms with E-state index in [4.69, 9.17) is 4.74 Å². The Hall–Kier alpha value is -0.830. The van der Waals surface area contributed by atoms with Crippen LogP contribution in [-0.4, -0.2) is 33.6 Å². The molecule has 24 heavy (non-hydrogen) atoms. The van der Waals surface area contributed by atoms with Crippen LogP contribution in [0.15, 0.2) is 12.2 Å². The summed E-state index contributed by atoms with van der Waals surface area (Å²) in [5.41, 5.74) is 0.710. The number of likely N-dealkylation sites (tertiary alicyclic amines) is 1. The van der Waals surface area contributed by atoms with Gasteiger partial charge < -0.3 is 4.74 Å². The maximum Gasteiger partial charge on any atom is 0.333 e. The van der Waals surface area contributed by atoms with Crippen LogP contribution in [0, 0.1) is 5.41 Å². The molecule has 0 bridgehead atoms. The summed E-state index contributed by atoms with van der Waals surface area (Å²) in [4.78, 5) is 14.6. The average Bonchev–Trinajstić information content (AvgIpc) is 2.19. The summed E-state index contributed by atoms with van der Waals surface area (Å²) >= 11 is 0. The number of esters is 1. The molecular weight excluding hydrogens is 298 g/mol. The molecule has 0 saturated carbocycles. The summed E-state index contributed by atoms with van der Waals surface area (Å²) in [7, 11) is 0. The van der Waals surface area contributed by atoms with Crippen molar-refractivity contribution >= 4 is 5.97 Å². The Morgan fingerprint density at radius 1 is 1.08 bits per heavy atom. The molecule has 0 aromatic heterocycles. The van der Waals surface area contributed by atoms with Crippen molar-refractivity contribution < 1.29 is 9.53 Å². The van der Waals surface area contributed by atoms with Gasteiger partial charge in [0.2, 0.25) is 0 Å². The SMILES string of the molecule is C=C(C)C(=O)OC1CC(C)(C)N(C(C)(C)CC(C)(C)C)C(C)(C)C1. The molecule has 1 heterocycles. The molecule has 0 unspecified atom stereocenters. The Bertz CT molecular complexity index is 476. The minimum absolute atomic E-state index is 0.0451. The number of piperidine rings is 1. The quantitative estimate of drug-likeness (QED) is 0.512. The van der Waals surface area contributed by atoms with Crippen molar-refractivity contribution in [3.05, 3.63) is 12.2 Å². The monoisotopic (exact) mass is 337 g/mol. The number of hydrogen-bond donors (Lipinski definition) is 0. The lowest BCUT2D eigenvalue weighted by molar-refractivity contribution is -0.168. The summed E-state index contributed by atoms with van der Waals surface area (Å²) in [6, 6.07) is 0. The molecule has 1 rings (SSSR count). The molecule has 3 nitrogen and oxygen atoms in total. The van der Waals surface area contributed by atoms with E-state index in [1.807, 2.05) is 0 Å². The largest absolute Gasteiger partial charge is 0.459 e. The second-order valence-electron chi connectivity index (χ2n) is 10.7. The van der Waals surface area contributed by atoms with E-state index in [9.17, 15) is 4.79 Å². The number of rotatable bonds is 4. The third-order valence-corrected chi connectivity index (χ3v) is 4.86. The Morgan fingerprint density at radius 2 is 1.50 bits per heavy atom. The predicted molar refractivity (Wildman–Crippen MR) is 102 cm³/mol. The van der Waals surface area contributed by atoms with E-state index in [0.717, 1.165) is 19.3 Å². The number of nitrogens with zero attached hydrogens (tertiary/aromatic N) is 1. The second-order valence-corrected chi connectivity index (χ2v) is 10.7. The number of carbonyl (C=O) groups is 1. The van der Waals surface area contributed by atoms with Gasteiger partial charge in [0.25, 0.3) is 0 Å². The van der Waals surface area contributed by atoms with Crippen molar-refractivity contribution in [3.63, 3.8) is 0 Å². The van der Waals surface area contributed by atoms with Gasteiger partial charge in [-0.1, -0.05) is 27.4 Å². The molecule has 140 valence electrons. The highest BCUT2D eigenvalue weighted by molar-refractivity contribution is 5.87. The Kier molecular flexibility index (Phi) is 5.72. The molecule has 0 atom stereocenters. The van der Waals surface area contributed by atoms with E-state index >= 15 is 0 Å². The highest BCUT2D eigenvalue weighted by Gasteiger charge is 2.52. The van der Waals surface area contributed by atoms with Crippen molar-refractivity contribution in [2.24, 2.45) is 5.41 Å². The third-order valence-electron chi connectivity index (χ3n) is 4.86. The van der Waals surface area contributed by atoms with Crippen LogP contribution in [0.1, 0.15) is 88.5 Å². The van der Waals surface area contributed by atoms with Crippen LogP contribution < -0.4 is 0 Å². The minimum atomic E-state index is -0.269. The van der Waals surface area contributed by atoms with Gasteiger partial charge in [0.15, 0.2) is 0 Å². The van der Waals surface area contributed by atoms with Crippen LogP contribution in [-0.2, 0) is 9.53 Å². The fraction of sp³-hybridized carbons (Fsp3) is 0.857. The highest BCUT2D eigenvalue weighted by Crippen LogP contribution is 2.47. The second kappa shape index (κ2) is 6.48. The van der Waals surface area contributed by atoms with Gasteiger partial charge in [-0.05, 0) is 60.3 Å². The van der Waals surface area contributed by atoms with Gasteiger partial charge in [0.05, 0.1) is 0 Å². The first-order valence-electron chi connectivity index (χ1n) is 9.15. The minimum Gasteiger partial charge on any atom is -0.459 e. The molecule has 0 amide bonds. The van der Waals surface area contributed by atoms with Gasteiger partial charge in [0, 0.05) is 35.0 Å². The molecule has 3 heteroatoms. The summed E-state index contributed by atoms with van der Waals surface area (Å²) < 4.78 is 5.72. The lowest BCUT2D eigenvalue weighted by Crippen LogP contribution is -2.69. The van der Waals surface area contributed by atoms with E-state index in [0.29, 0.717) is 5.57 Å². The zero-order chi connectivity index (χ0) is 19.1. The number of ether oxygens (including phenoxy) is 1. The number of hydrogen-bond acceptors (Lipinski definition) is 3. The van der Waals surface area contributed by atoms with Gasteiger partial charge in [-0.15, -0.1) is 0 Å². The average molecular weight is 338 g/mol. The maximum absolute atomic E-state index is 12.0. The number of carbonyl (C=O) groups excluding carboxylic acids is 1. The smallest absolute Gasteiger partial charge is 0.333 e. The Balaban J connectivity index is 3.09. The maximum atomic E-state index is 12.0. The van der Waals surface area contributed by atoms with E-state index in [1.165, 1.54) is 0 Å². The molecule has 0 radical (unpaired) electrons. The summed E-state index contributed by atoms with van der Waals surface area (Å²) in [5.74, 6) is -0.269. The standard InChI is InChI=1S/C21H39NO2/c1-15(2)17(23)24-16-12-19(6,7)22(20(8,9)13-16)21(10,11)14-18(3,4)5/h16H,1,12-14H2,2-11H3. The van der Waals surface area contributed by atoms with Crippen LogP contribution in [0.3, 0.4) is 0 Å². The van der Waals surface area contributed by atoms with E-state index < -0.39 is 0 Å². The van der Waals surface area contributed by atoms with Crippen LogP contribution >= 0.6 is 0 Å². The van der Waals surface area contributed by atoms with E-state index in [1.54, 1.807) is 6.92 Å². The van der Waals surface area contributed by atoms with Crippen molar-refractivity contribution in [3.8, 4) is 0 Å².